The minimum Gasteiger partial charge on any atom is -0.399 e. The van der Waals surface area contributed by atoms with Gasteiger partial charge >= 0.3 is 0 Å². The quantitative estimate of drug-likeness (QED) is 0.833. The third kappa shape index (κ3) is 2.84. The van der Waals surface area contributed by atoms with Crippen LogP contribution in [0.25, 0.3) is 0 Å². The maximum Gasteiger partial charge on any atom is 0.223 e. The standard InChI is InChI=1S/C15H22N2O/c1-15(2)9-4-10-17(15)14(18)8-7-12-5-3-6-13(16)11-12/h3,5-6,11H,4,7-10,16H2,1-2H3. The molecule has 3 heteroatoms. The van der Waals surface area contributed by atoms with Crippen molar-refractivity contribution in [3.05, 3.63) is 29.8 Å². The maximum absolute atomic E-state index is 12.2. The van der Waals surface area contributed by atoms with Gasteiger partial charge in [0.1, 0.15) is 0 Å². The minimum absolute atomic E-state index is 0.0345. The van der Waals surface area contributed by atoms with Gasteiger partial charge in [0.2, 0.25) is 5.91 Å². The van der Waals surface area contributed by atoms with Crippen molar-refractivity contribution in [1.82, 2.24) is 4.90 Å². The van der Waals surface area contributed by atoms with Crippen LogP contribution in [0.5, 0.6) is 0 Å². The van der Waals surface area contributed by atoms with E-state index in [0.717, 1.165) is 37.1 Å². The second-order valence-corrected chi connectivity index (χ2v) is 5.71. The van der Waals surface area contributed by atoms with Crippen LogP contribution in [0.3, 0.4) is 0 Å². The van der Waals surface area contributed by atoms with E-state index in [1.807, 2.05) is 29.2 Å². The van der Waals surface area contributed by atoms with Gasteiger partial charge < -0.3 is 10.6 Å². The monoisotopic (exact) mass is 246 g/mol. The molecule has 1 fully saturated rings. The Bertz CT molecular complexity index is 440. The molecular weight excluding hydrogens is 224 g/mol. The van der Waals surface area contributed by atoms with E-state index < -0.39 is 0 Å². The molecule has 98 valence electrons. The van der Waals surface area contributed by atoms with Crippen molar-refractivity contribution >= 4 is 11.6 Å². The van der Waals surface area contributed by atoms with E-state index in [4.69, 9.17) is 5.73 Å². The normalized spacial score (nSPS) is 18.0. The predicted molar refractivity (Wildman–Crippen MR) is 74.2 cm³/mol. The summed E-state index contributed by atoms with van der Waals surface area (Å²) in [5.74, 6) is 0.264. The fraction of sp³-hybridized carbons (Fsp3) is 0.533. The lowest BCUT2D eigenvalue weighted by molar-refractivity contribution is -0.134. The van der Waals surface area contributed by atoms with Crippen LogP contribution in [0.2, 0.25) is 0 Å². The molecule has 2 rings (SSSR count). The number of hydrogen-bond acceptors (Lipinski definition) is 2. The van der Waals surface area contributed by atoms with E-state index >= 15 is 0 Å². The first-order valence-corrected chi connectivity index (χ1v) is 6.64. The molecule has 1 aliphatic heterocycles. The zero-order valence-corrected chi connectivity index (χ0v) is 11.3. The predicted octanol–water partition coefficient (Wildman–Crippen LogP) is 2.60. The number of aryl methyl sites for hydroxylation is 1. The first-order chi connectivity index (χ1) is 8.49. The average molecular weight is 246 g/mol. The molecule has 0 radical (unpaired) electrons. The Balaban J connectivity index is 1.93. The van der Waals surface area contributed by atoms with Gasteiger partial charge in [0.25, 0.3) is 0 Å². The van der Waals surface area contributed by atoms with Crippen LogP contribution in [-0.2, 0) is 11.2 Å². The first-order valence-electron chi connectivity index (χ1n) is 6.64. The molecule has 18 heavy (non-hydrogen) atoms. The number of hydrogen-bond donors (Lipinski definition) is 1. The number of anilines is 1. The Morgan fingerprint density at radius 1 is 1.44 bits per heavy atom. The fourth-order valence-electron chi connectivity index (χ4n) is 2.70. The molecule has 3 nitrogen and oxygen atoms in total. The number of nitrogens with zero attached hydrogens (tertiary/aromatic N) is 1. The summed E-state index contributed by atoms with van der Waals surface area (Å²) in [6.45, 7) is 5.21. The summed E-state index contributed by atoms with van der Waals surface area (Å²) in [6.07, 6.45) is 3.58. The summed E-state index contributed by atoms with van der Waals surface area (Å²) in [7, 11) is 0. The molecule has 0 saturated carbocycles. The Morgan fingerprint density at radius 2 is 2.22 bits per heavy atom. The van der Waals surface area contributed by atoms with E-state index in [1.54, 1.807) is 0 Å². The average Bonchev–Trinajstić information content (AvgIpc) is 2.66. The van der Waals surface area contributed by atoms with Crippen molar-refractivity contribution in [2.24, 2.45) is 0 Å². The van der Waals surface area contributed by atoms with E-state index in [9.17, 15) is 4.79 Å². The number of nitrogens with two attached hydrogens (primary N) is 1. The highest BCUT2D eigenvalue weighted by atomic mass is 16.2. The second kappa shape index (κ2) is 5.01. The molecule has 0 aromatic heterocycles. The van der Waals surface area contributed by atoms with Gasteiger partial charge in [-0.2, -0.15) is 0 Å². The van der Waals surface area contributed by atoms with E-state index in [0.29, 0.717) is 6.42 Å². The summed E-state index contributed by atoms with van der Waals surface area (Å²) in [6, 6.07) is 7.78. The summed E-state index contributed by atoms with van der Waals surface area (Å²) in [4.78, 5) is 14.2. The van der Waals surface area contributed by atoms with Crippen molar-refractivity contribution in [2.75, 3.05) is 12.3 Å². The SMILES string of the molecule is CC1(C)CCCN1C(=O)CCc1cccc(N)c1. The molecule has 1 aliphatic rings. The molecule has 0 unspecified atom stereocenters. The highest BCUT2D eigenvalue weighted by Crippen LogP contribution is 2.28. The molecule has 1 heterocycles. The molecule has 1 aromatic carbocycles. The number of carbonyl (C=O) groups is 1. The van der Waals surface area contributed by atoms with Crippen LogP contribution in [0, 0.1) is 0 Å². The second-order valence-electron chi connectivity index (χ2n) is 5.71. The van der Waals surface area contributed by atoms with Gasteiger partial charge in [-0.3, -0.25) is 4.79 Å². The number of likely N-dealkylation sites (tertiary alicyclic amines) is 1. The summed E-state index contributed by atoms with van der Waals surface area (Å²) in [5.41, 5.74) is 7.67. The van der Waals surface area contributed by atoms with Crippen LogP contribution in [0.1, 0.15) is 38.7 Å². The highest BCUT2D eigenvalue weighted by molar-refractivity contribution is 5.77. The van der Waals surface area contributed by atoms with Crippen LogP contribution in [0.15, 0.2) is 24.3 Å². The van der Waals surface area contributed by atoms with Gasteiger partial charge in [-0.25, -0.2) is 0 Å². The molecule has 1 amide bonds. The van der Waals surface area contributed by atoms with E-state index in [2.05, 4.69) is 13.8 Å². The van der Waals surface area contributed by atoms with Crippen LogP contribution < -0.4 is 5.73 Å². The molecule has 0 bridgehead atoms. The summed E-state index contributed by atoms with van der Waals surface area (Å²) < 4.78 is 0. The van der Waals surface area contributed by atoms with Gasteiger partial charge in [-0.05, 0) is 50.8 Å². The van der Waals surface area contributed by atoms with Gasteiger partial charge in [-0.15, -0.1) is 0 Å². The molecular formula is C15H22N2O. The van der Waals surface area contributed by atoms with Gasteiger partial charge in [0.05, 0.1) is 0 Å². The number of carbonyl (C=O) groups excluding carboxylic acids is 1. The van der Waals surface area contributed by atoms with E-state index in [-0.39, 0.29) is 11.4 Å². The first kappa shape index (κ1) is 12.9. The van der Waals surface area contributed by atoms with Crippen molar-refractivity contribution in [2.45, 2.75) is 45.1 Å². The van der Waals surface area contributed by atoms with Gasteiger partial charge in [-0.1, -0.05) is 12.1 Å². The molecule has 0 aliphatic carbocycles. The number of amides is 1. The van der Waals surface area contributed by atoms with Crippen LogP contribution >= 0.6 is 0 Å². The van der Waals surface area contributed by atoms with Gasteiger partial charge in [0, 0.05) is 24.2 Å². The Morgan fingerprint density at radius 3 is 2.83 bits per heavy atom. The molecule has 2 N–H and O–H groups in total. The van der Waals surface area contributed by atoms with Crippen molar-refractivity contribution < 1.29 is 4.79 Å². The summed E-state index contributed by atoms with van der Waals surface area (Å²) >= 11 is 0. The van der Waals surface area contributed by atoms with E-state index in [1.165, 1.54) is 0 Å². The fourth-order valence-corrected chi connectivity index (χ4v) is 2.70. The lowest BCUT2D eigenvalue weighted by atomic mass is 10.0. The lowest BCUT2D eigenvalue weighted by Gasteiger charge is -2.31. The number of benzene rings is 1. The Labute approximate surface area is 109 Å². The van der Waals surface area contributed by atoms with Crippen molar-refractivity contribution in [3.63, 3.8) is 0 Å². The van der Waals surface area contributed by atoms with Crippen LogP contribution in [-0.4, -0.2) is 22.9 Å². The molecule has 0 atom stereocenters. The Hall–Kier alpha value is -1.51. The van der Waals surface area contributed by atoms with Crippen molar-refractivity contribution in [3.8, 4) is 0 Å². The zero-order chi connectivity index (χ0) is 13.2. The summed E-state index contributed by atoms with van der Waals surface area (Å²) in [5, 5.41) is 0. The minimum atomic E-state index is 0.0345. The maximum atomic E-state index is 12.2. The Kier molecular flexibility index (Phi) is 3.60. The third-order valence-corrected chi connectivity index (χ3v) is 3.78. The van der Waals surface area contributed by atoms with Gasteiger partial charge in [0.15, 0.2) is 0 Å². The highest BCUT2D eigenvalue weighted by Gasteiger charge is 2.34. The molecule has 0 spiro atoms. The molecule has 1 aromatic rings. The topological polar surface area (TPSA) is 46.3 Å². The van der Waals surface area contributed by atoms with Crippen molar-refractivity contribution in [1.29, 1.82) is 0 Å². The number of rotatable bonds is 3. The lowest BCUT2D eigenvalue weighted by Crippen LogP contribution is -2.42. The smallest absolute Gasteiger partial charge is 0.223 e. The zero-order valence-electron chi connectivity index (χ0n) is 11.3. The van der Waals surface area contributed by atoms with Crippen LogP contribution in [0.4, 0.5) is 5.69 Å². The third-order valence-electron chi connectivity index (χ3n) is 3.78. The molecule has 1 saturated heterocycles. The number of nitrogen functional groups attached to an aromatic ring is 1. The largest absolute Gasteiger partial charge is 0.399 e.